The van der Waals surface area contributed by atoms with Crippen LogP contribution >= 0.6 is 0 Å². The number of hydrogen-bond donors (Lipinski definition) is 1. The molecule has 0 radical (unpaired) electrons. The molecule has 0 amide bonds. The van der Waals surface area contributed by atoms with Crippen LogP contribution in [-0.4, -0.2) is 34.3 Å². The third-order valence-corrected chi connectivity index (χ3v) is 2.05. The first-order chi connectivity index (χ1) is 6.25. The molecule has 1 aromatic heterocycles. The quantitative estimate of drug-likeness (QED) is 0.675. The summed E-state index contributed by atoms with van der Waals surface area (Å²) >= 11 is 0. The molecule has 0 aromatic carbocycles. The van der Waals surface area contributed by atoms with Crippen LogP contribution in [0.3, 0.4) is 0 Å². The number of aliphatic hydroxyl groups is 1. The van der Waals surface area contributed by atoms with Crippen LogP contribution in [0.1, 0.15) is 6.42 Å². The zero-order chi connectivity index (χ0) is 9.26. The maximum atomic E-state index is 12.5. The average Bonchev–Trinajstić information content (AvgIpc) is 2.53. The average molecular weight is 183 g/mol. The molecule has 2 rings (SSSR count). The number of β-amino-alcohol motifs (C(OH)–C–C–N with tert-alkyl or cyclic N) is 1. The molecule has 0 unspecified atom stereocenters. The van der Waals surface area contributed by atoms with E-state index in [-0.39, 0.29) is 6.10 Å². The molecule has 1 fully saturated rings. The summed E-state index contributed by atoms with van der Waals surface area (Å²) in [6, 6.07) is 0. The first-order valence-electron chi connectivity index (χ1n) is 4.16. The minimum atomic E-state index is -0.441. The predicted molar refractivity (Wildman–Crippen MR) is 44.8 cm³/mol. The maximum Gasteiger partial charge on any atom is 0.225 e. The summed E-state index contributed by atoms with van der Waals surface area (Å²) < 4.78 is 12.5. The molecule has 1 aromatic rings. The summed E-state index contributed by atoms with van der Waals surface area (Å²) in [5, 5.41) is 9.24. The van der Waals surface area contributed by atoms with E-state index in [1.54, 1.807) is 0 Å². The van der Waals surface area contributed by atoms with E-state index in [9.17, 15) is 9.50 Å². The van der Waals surface area contributed by atoms with E-state index in [0.29, 0.717) is 12.5 Å². The summed E-state index contributed by atoms with van der Waals surface area (Å²) in [5.41, 5.74) is 0. The molecule has 1 aliphatic rings. The Labute approximate surface area is 75.0 Å². The minimum Gasteiger partial charge on any atom is -0.391 e. The Balaban J connectivity index is 2.13. The third-order valence-electron chi connectivity index (χ3n) is 2.05. The van der Waals surface area contributed by atoms with E-state index in [1.165, 1.54) is 0 Å². The van der Waals surface area contributed by atoms with E-state index >= 15 is 0 Å². The van der Waals surface area contributed by atoms with Crippen LogP contribution in [-0.2, 0) is 0 Å². The molecule has 1 aliphatic heterocycles. The highest BCUT2D eigenvalue weighted by Gasteiger charge is 2.21. The van der Waals surface area contributed by atoms with Gasteiger partial charge >= 0.3 is 0 Å². The van der Waals surface area contributed by atoms with Crippen molar-refractivity contribution in [3.05, 3.63) is 18.2 Å². The van der Waals surface area contributed by atoms with Crippen molar-refractivity contribution in [2.24, 2.45) is 0 Å². The monoisotopic (exact) mass is 183 g/mol. The highest BCUT2D eigenvalue weighted by Crippen LogP contribution is 2.14. The number of nitrogens with zero attached hydrogens (tertiary/aromatic N) is 3. The Morgan fingerprint density at radius 1 is 1.46 bits per heavy atom. The molecule has 1 atom stereocenters. The summed E-state index contributed by atoms with van der Waals surface area (Å²) in [6.07, 6.45) is 2.68. The predicted octanol–water partition coefficient (Wildman–Crippen LogP) is 0.187. The second kappa shape index (κ2) is 3.26. The normalized spacial score (nSPS) is 22.3. The zero-order valence-electron chi connectivity index (χ0n) is 7.02. The fourth-order valence-electron chi connectivity index (χ4n) is 1.39. The van der Waals surface area contributed by atoms with E-state index in [1.807, 2.05) is 4.90 Å². The molecular weight excluding hydrogens is 173 g/mol. The molecule has 0 bridgehead atoms. The largest absolute Gasteiger partial charge is 0.391 e. The van der Waals surface area contributed by atoms with Crippen molar-refractivity contribution in [3.63, 3.8) is 0 Å². The van der Waals surface area contributed by atoms with Gasteiger partial charge in [0.2, 0.25) is 5.95 Å². The molecule has 0 aliphatic carbocycles. The van der Waals surface area contributed by atoms with Gasteiger partial charge in [-0.05, 0) is 6.42 Å². The lowest BCUT2D eigenvalue weighted by atomic mass is 10.3. The molecule has 1 saturated heterocycles. The summed E-state index contributed by atoms with van der Waals surface area (Å²) in [5.74, 6) is 0.0430. The van der Waals surface area contributed by atoms with E-state index in [4.69, 9.17) is 0 Å². The van der Waals surface area contributed by atoms with Crippen molar-refractivity contribution < 1.29 is 9.50 Å². The molecule has 2 heterocycles. The summed E-state index contributed by atoms with van der Waals surface area (Å²) in [7, 11) is 0. The first kappa shape index (κ1) is 8.37. The van der Waals surface area contributed by atoms with Crippen LogP contribution in [0.4, 0.5) is 10.3 Å². The smallest absolute Gasteiger partial charge is 0.225 e. The van der Waals surface area contributed by atoms with Gasteiger partial charge in [0, 0.05) is 13.1 Å². The van der Waals surface area contributed by atoms with E-state index in [0.717, 1.165) is 25.4 Å². The topological polar surface area (TPSA) is 49.2 Å². The van der Waals surface area contributed by atoms with Crippen LogP contribution in [0.25, 0.3) is 0 Å². The van der Waals surface area contributed by atoms with Gasteiger partial charge in [0.1, 0.15) is 0 Å². The Bertz CT molecular complexity index is 290. The molecular formula is C8H10FN3O. The van der Waals surface area contributed by atoms with Crippen LogP contribution in [0.2, 0.25) is 0 Å². The fourth-order valence-corrected chi connectivity index (χ4v) is 1.39. The van der Waals surface area contributed by atoms with Gasteiger partial charge in [0.05, 0.1) is 18.5 Å². The Morgan fingerprint density at radius 3 is 2.69 bits per heavy atom. The number of anilines is 1. The van der Waals surface area contributed by atoms with Crippen molar-refractivity contribution in [2.45, 2.75) is 12.5 Å². The van der Waals surface area contributed by atoms with Gasteiger partial charge in [0.15, 0.2) is 5.82 Å². The van der Waals surface area contributed by atoms with Crippen molar-refractivity contribution in [1.29, 1.82) is 0 Å². The molecule has 70 valence electrons. The molecule has 0 spiro atoms. The summed E-state index contributed by atoms with van der Waals surface area (Å²) in [6.45, 7) is 1.26. The zero-order valence-corrected chi connectivity index (χ0v) is 7.02. The molecule has 13 heavy (non-hydrogen) atoms. The van der Waals surface area contributed by atoms with E-state index in [2.05, 4.69) is 9.97 Å². The maximum absolute atomic E-state index is 12.5. The van der Waals surface area contributed by atoms with Gasteiger partial charge in [-0.2, -0.15) is 0 Å². The van der Waals surface area contributed by atoms with Gasteiger partial charge in [-0.15, -0.1) is 0 Å². The minimum absolute atomic E-state index is 0.311. The van der Waals surface area contributed by atoms with E-state index < -0.39 is 5.82 Å². The Morgan fingerprint density at radius 2 is 2.15 bits per heavy atom. The van der Waals surface area contributed by atoms with Gasteiger partial charge in [-0.1, -0.05) is 0 Å². The Hall–Kier alpha value is -1.23. The van der Waals surface area contributed by atoms with Crippen LogP contribution in [0, 0.1) is 5.82 Å². The lowest BCUT2D eigenvalue weighted by Crippen LogP contribution is -2.23. The van der Waals surface area contributed by atoms with Crippen LogP contribution in [0.15, 0.2) is 12.4 Å². The van der Waals surface area contributed by atoms with Crippen LogP contribution < -0.4 is 4.90 Å². The standard InChI is InChI=1S/C8H10FN3O/c9-6-3-10-8(11-4-6)12-2-1-7(13)5-12/h3-4,7,13H,1-2,5H2/t7-/m0/s1. The lowest BCUT2D eigenvalue weighted by Gasteiger charge is -2.13. The van der Waals surface area contributed by atoms with Crippen LogP contribution in [0.5, 0.6) is 0 Å². The van der Waals surface area contributed by atoms with Crippen molar-refractivity contribution in [3.8, 4) is 0 Å². The summed E-state index contributed by atoms with van der Waals surface area (Å²) in [4.78, 5) is 9.48. The fraction of sp³-hybridized carbons (Fsp3) is 0.500. The van der Waals surface area contributed by atoms with Gasteiger partial charge in [0.25, 0.3) is 0 Å². The van der Waals surface area contributed by atoms with Gasteiger partial charge < -0.3 is 10.0 Å². The number of rotatable bonds is 1. The molecule has 5 heteroatoms. The highest BCUT2D eigenvalue weighted by atomic mass is 19.1. The molecule has 0 saturated carbocycles. The second-order valence-corrected chi connectivity index (χ2v) is 3.09. The lowest BCUT2D eigenvalue weighted by molar-refractivity contribution is 0.198. The first-order valence-corrected chi connectivity index (χ1v) is 4.16. The molecule has 4 nitrogen and oxygen atoms in total. The number of hydrogen-bond acceptors (Lipinski definition) is 4. The van der Waals surface area contributed by atoms with Crippen molar-refractivity contribution >= 4 is 5.95 Å². The number of aromatic nitrogens is 2. The highest BCUT2D eigenvalue weighted by molar-refractivity contribution is 5.30. The number of aliphatic hydroxyl groups excluding tert-OH is 1. The Kier molecular flexibility index (Phi) is 2.10. The number of halogens is 1. The van der Waals surface area contributed by atoms with Gasteiger partial charge in [-0.25, -0.2) is 14.4 Å². The second-order valence-electron chi connectivity index (χ2n) is 3.09. The SMILES string of the molecule is O[C@H]1CCN(c2ncc(F)cn2)C1. The van der Waals surface area contributed by atoms with Gasteiger partial charge in [-0.3, -0.25) is 0 Å². The molecule has 1 N–H and O–H groups in total. The third kappa shape index (κ3) is 1.75. The van der Waals surface area contributed by atoms with Crippen molar-refractivity contribution in [1.82, 2.24) is 9.97 Å². The van der Waals surface area contributed by atoms with Crippen molar-refractivity contribution in [2.75, 3.05) is 18.0 Å².